The Kier molecular flexibility index (Phi) is 3.76. The lowest BCUT2D eigenvalue weighted by Crippen LogP contribution is -2.42. The van der Waals surface area contributed by atoms with Crippen molar-refractivity contribution in [3.05, 3.63) is 11.6 Å². The minimum Gasteiger partial charge on any atom is -0.329 e. The van der Waals surface area contributed by atoms with Crippen LogP contribution in [0.3, 0.4) is 0 Å². The molecule has 1 unspecified atom stereocenters. The topological polar surface area (TPSA) is 29.3 Å². The zero-order valence-electron chi connectivity index (χ0n) is 8.21. The maximum Gasteiger partial charge on any atom is 0.0219 e. The first-order chi connectivity index (χ1) is 5.77. The van der Waals surface area contributed by atoms with Gasteiger partial charge in [0, 0.05) is 25.7 Å². The summed E-state index contributed by atoms with van der Waals surface area (Å²) < 4.78 is 0. The predicted octanol–water partition coefficient (Wildman–Crippen LogP) is 1.38. The van der Waals surface area contributed by atoms with Crippen LogP contribution in [-0.4, -0.2) is 30.6 Å². The van der Waals surface area contributed by atoms with Crippen LogP contribution < -0.4 is 5.73 Å². The summed E-state index contributed by atoms with van der Waals surface area (Å²) >= 11 is 0. The van der Waals surface area contributed by atoms with E-state index >= 15 is 0 Å². The van der Waals surface area contributed by atoms with Crippen molar-refractivity contribution in [1.82, 2.24) is 4.90 Å². The van der Waals surface area contributed by atoms with Crippen LogP contribution in [-0.2, 0) is 0 Å². The Labute approximate surface area is 75.4 Å². The molecule has 70 valence electrons. The quantitative estimate of drug-likeness (QED) is 0.645. The molecule has 0 aliphatic carbocycles. The highest BCUT2D eigenvalue weighted by Crippen LogP contribution is 2.13. The van der Waals surface area contributed by atoms with E-state index in [9.17, 15) is 0 Å². The highest BCUT2D eigenvalue weighted by Gasteiger charge is 2.16. The van der Waals surface area contributed by atoms with Crippen LogP contribution in [0.4, 0.5) is 0 Å². The van der Waals surface area contributed by atoms with Gasteiger partial charge in [0.2, 0.25) is 0 Å². The first-order valence-corrected chi connectivity index (χ1v) is 4.87. The lowest BCUT2D eigenvalue weighted by Gasteiger charge is -2.32. The van der Waals surface area contributed by atoms with Crippen molar-refractivity contribution in [2.75, 3.05) is 19.6 Å². The fraction of sp³-hybridized carbons (Fsp3) is 0.800. The predicted molar refractivity (Wildman–Crippen MR) is 53.1 cm³/mol. The summed E-state index contributed by atoms with van der Waals surface area (Å²) in [5.41, 5.74) is 7.21. The van der Waals surface area contributed by atoms with E-state index in [1.54, 1.807) is 0 Å². The summed E-state index contributed by atoms with van der Waals surface area (Å²) in [4.78, 5) is 2.48. The normalized spacial score (nSPS) is 22.1. The molecule has 0 saturated heterocycles. The molecule has 1 atom stereocenters. The maximum atomic E-state index is 5.69. The van der Waals surface area contributed by atoms with Crippen molar-refractivity contribution in [2.45, 2.75) is 32.7 Å². The van der Waals surface area contributed by atoms with Gasteiger partial charge in [0.05, 0.1) is 0 Å². The van der Waals surface area contributed by atoms with Crippen molar-refractivity contribution >= 4 is 0 Å². The first kappa shape index (κ1) is 9.75. The number of nitrogens with zero attached hydrogens (tertiary/aromatic N) is 1. The molecule has 0 aromatic rings. The van der Waals surface area contributed by atoms with Gasteiger partial charge in [0.1, 0.15) is 0 Å². The fourth-order valence-electron chi connectivity index (χ4n) is 1.69. The molecule has 0 aromatic carbocycles. The zero-order valence-corrected chi connectivity index (χ0v) is 8.21. The van der Waals surface area contributed by atoms with Crippen LogP contribution in [0.25, 0.3) is 0 Å². The van der Waals surface area contributed by atoms with E-state index in [4.69, 9.17) is 5.73 Å². The first-order valence-electron chi connectivity index (χ1n) is 4.87. The van der Waals surface area contributed by atoms with Gasteiger partial charge in [-0.15, -0.1) is 0 Å². The van der Waals surface area contributed by atoms with E-state index in [0.717, 1.165) is 13.1 Å². The Morgan fingerprint density at radius 1 is 1.67 bits per heavy atom. The van der Waals surface area contributed by atoms with Gasteiger partial charge >= 0.3 is 0 Å². The fourth-order valence-corrected chi connectivity index (χ4v) is 1.69. The summed E-state index contributed by atoms with van der Waals surface area (Å²) in [6, 6.07) is 0.592. The van der Waals surface area contributed by atoms with E-state index in [0.29, 0.717) is 6.04 Å². The van der Waals surface area contributed by atoms with Gasteiger partial charge in [0.15, 0.2) is 0 Å². The summed E-state index contributed by atoms with van der Waals surface area (Å²) in [7, 11) is 0. The second-order valence-electron chi connectivity index (χ2n) is 3.59. The van der Waals surface area contributed by atoms with E-state index < -0.39 is 0 Å². The van der Waals surface area contributed by atoms with Crippen LogP contribution in [0.15, 0.2) is 11.6 Å². The van der Waals surface area contributed by atoms with Crippen LogP contribution in [0.1, 0.15) is 26.7 Å². The highest BCUT2D eigenvalue weighted by molar-refractivity contribution is 5.04. The maximum absolute atomic E-state index is 5.69. The highest BCUT2D eigenvalue weighted by atomic mass is 15.2. The molecule has 0 spiro atoms. The van der Waals surface area contributed by atoms with Crippen molar-refractivity contribution in [3.8, 4) is 0 Å². The van der Waals surface area contributed by atoms with Gasteiger partial charge < -0.3 is 5.73 Å². The van der Waals surface area contributed by atoms with Gasteiger partial charge in [-0.1, -0.05) is 18.6 Å². The summed E-state index contributed by atoms with van der Waals surface area (Å²) in [5.74, 6) is 0. The summed E-state index contributed by atoms with van der Waals surface area (Å²) in [6.07, 6.45) is 4.71. The molecule has 12 heavy (non-hydrogen) atoms. The summed E-state index contributed by atoms with van der Waals surface area (Å²) in [6.45, 7) is 7.51. The molecular weight excluding hydrogens is 148 g/mol. The van der Waals surface area contributed by atoms with Gasteiger partial charge in [-0.3, -0.25) is 4.90 Å². The average Bonchev–Trinajstić information content (AvgIpc) is 2.10. The average molecular weight is 168 g/mol. The lowest BCUT2D eigenvalue weighted by atomic mass is 10.1. The van der Waals surface area contributed by atoms with Crippen LogP contribution in [0.5, 0.6) is 0 Å². The Balaban J connectivity index is 2.43. The third-order valence-corrected chi connectivity index (χ3v) is 2.73. The molecule has 0 fully saturated rings. The Morgan fingerprint density at radius 3 is 2.83 bits per heavy atom. The second-order valence-corrected chi connectivity index (χ2v) is 3.59. The number of hydrogen-bond donors (Lipinski definition) is 1. The van der Waals surface area contributed by atoms with Crippen LogP contribution in [0, 0.1) is 0 Å². The molecule has 1 heterocycles. The van der Waals surface area contributed by atoms with Gasteiger partial charge in [-0.25, -0.2) is 0 Å². The third kappa shape index (κ3) is 2.32. The van der Waals surface area contributed by atoms with Crippen LogP contribution in [0.2, 0.25) is 0 Å². The standard InChI is InChI=1S/C10H20N2/c1-3-10(8-11)12-6-4-9(2)5-7-12/h4,10H,3,5-8,11H2,1-2H3. The van der Waals surface area contributed by atoms with E-state index in [-0.39, 0.29) is 0 Å². The minimum atomic E-state index is 0.592. The SMILES string of the molecule is CCC(CN)N1CC=C(C)CC1. The molecular formula is C10H20N2. The molecule has 2 heteroatoms. The van der Waals surface area contributed by atoms with Crippen molar-refractivity contribution in [1.29, 1.82) is 0 Å². The van der Waals surface area contributed by atoms with Gasteiger partial charge in [-0.05, 0) is 19.8 Å². The van der Waals surface area contributed by atoms with E-state index in [1.807, 2.05) is 0 Å². The van der Waals surface area contributed by atoms with Crippen molar-refractivity contribution < 1.29 is 0 Å². The molecule has 2 N–H and O–H groups in total. The van der Waals surface area contributed by atoms with E-state index in [2.05, 4.69) is 24.8 Å². The van der Waals surface area contributed by atoms with Gasteiger partial charge in [-0.2, -0.15) is 0 Å². The van der Waals surface area contributed by atoms with Crippen molar-refractivity contribution in [3.63, 3.8) is 0 Å². The molecule has 1 aliphatic heterocycles. The molecule has 0 radical (unpaired) electrons. The second kappa shape index (κ2) is 4.63. The largest absolute Gasteiger partial charge is 0.329 e. The number of hydrogen-bond acceptors (Lipinski definition) is 2. The lowest BCUT2D eigenvalue weighted by molar-refractivity contribution is 0.210. The van der Waals surface area contributed by atoms with E-state index in [1.165, 1.54) is 25.0 Å². The number of nitrogens with two attached hydrogens (primary N) is 1. The molecule has 0 bridgehead atoms. The van der Waals surface area contributed by atoms with Crippen LogP contribution >= 0.6 is 0 Å². The van der Waals surface area contributed by atoms with Crippen molar-refractivity contribution in [2.24, 2.45) is 5.73 Å². The zero-order chi connectivity index (χ0) is 8.97. The third-order valence-electron chi connectivity index (χ3n) is 2.73. The Hall–Kier alpha value is -0.340. The number of rotatable bonds is 3. The molecule has 0 aromatic heterocycles. The molecule has 0 saturated carbocycles. The Morgan fingerprint density at radius 2 is 2.42 bits per heavy atom. The minimum absolute atomic E-state index is 0.592. The monoisotopic (exact) mass is 168 g/mol. The van der Waals surface area contributed by atoms with Gasteiger partial charge in [0.25, 0.3) is 0 Å². The summed E-state index contributed by atoms with van der Waals surface area (Å²) in [5, 5.41) is 0. The molecule has 1 rings (SSSR count). The Bertz CT molecular complexity index is 159. The smallest absolute Gasteiger partial charge is 0.0219 e. The molecule has 0 amide bonds. The molecule has 1 aliphatic rings. The molecule has 2 nitrogen and oxygen atoms in total.